The molecule has 0 aliphatic heterocycles. The topological polar surface area (TPSA) is 17.8 Å². The van der Waals surface area contributed by atoms with Crippen LogP contribution in [0.25, 0.3) is 5.69 Å². The van der Waals surface area contributed by atoms with E-state index in [0.717, 1.165) is 16.9 Å². The van der Waals surface area contributed by atoms with E-state index in [1.165, 1.54) is 12.1 Å². The third kappa shape index (κ3) is 2.33. The SMILES string of the molecule is Cc1cnn(-c2[c-]cc(F)cc2)c1C.[Ir]. The van der Waals surface area contributed by atoms with Crippen molar-refractivity contribution in [3.8, 4) is 5.69 Å². The van der Waals surface area contributed by atoms with E-state index in [-0.39, 0.29) is 25.9 Å². The van der Waals surface area contributed by atoms with E-state index in [4.69, 9.17) is 0 Å². The van der Waals surface area contributed by atoms with Crippen LogP contribution in [0.15, 0.2) is 24.4 Å². The van der Waals surface area contributed by atoms with Gasteiger partial charge in [0.1, 0.15) is 0 Å². The first-order valence-electron chi connectivity index (χ1n) is 4.37. The van der Waals surface area contributed by atoms with Crippen LogP contribution in [0, 0.1) is 25.7 Å². The molecule has 81 valence electrons. The molecule has 15 heavy (non-hydrogen) atoms. The zero-order chi connectivity index (χ0) is 10.1. The molecule has 0 aliphatic carbocycles. The van der Waals surface area contributed by atoms with Gasteiger partial charge in [0.05, 0.1) is 6.20 Å². The fourth-order valence-corrected chi connectivity index (χ4v) is 1.26. The van der Waals surface area contributed by atoms with E-state index in [1.807, 2.05) is 13.8 Å². The van der Waals surface area contributed by atoms with Gasteiger partial charge in [0.15, 0.2) is 0 Å². The molecule has 4 heteroatoms. The van der Waals surface area contributed by atoms with Crippen molar-refractivity contribution in [3.63, 3.8) is 0 Å². The molecule has 1 radical (unpaired) electrons. The third-order valence-corrected chi connectivity index (χ3v) is 2.24. The van der Waals surface area contributed by atoms with Crippen molar-refractivity contribution in [2.24, 2.45) is 0 Å². The average Bonchev–Trinajstić information content (AvgIpc) is 2.50. The van der Waals surface area contributed by atoms with E-state index in [9.17, 15) is 4.39 Å². The van der Waals surface area contributed by atoms with Crippen LogP contribution in [-0.2, 0) is 20.1 Å². The predicted octanol–water partition coefficient (Wildman–Crippen LogP) is 2.43. The summed E-state index contributed by atoms with van der Waals surface area (Å²) in [4.78, 5) is 0. The molecule has 2 nitrogen and oxygen atoms in total. The van der Waals surface area contributed by atoms with Crippen LogP contribution in [0.3, 0.4) is 0 Å². The second-order valence-corrected chi connectivity index (χ2v) is 3.22. The minimum absolute atomic E-state index is 0. The molecule has 0 saturated carbocycles. The van der Waals surface area contributed by atoms with Crippen molar-refractivity contribution in [2.75, 3.05) is 0 Å². The first kappa shape index (κ1) is 12.1. The number of hydrogen-bond acceptors (Lipinski definition) is 1. The van der Waals surface area contributed by atoms with Crippen LogP contribution >= 0.6 is 0 Å². The summed E-state index contributed by atoms with van der Waals surface area (Å²) in [6, 6.07) is 7.21. The van der Waals surface area contributed by atoms with Gasteiger partial charge in [-0.1, -0.05) is 0 Å². The van der Waals surface area contributed by atoms with E-state index in [0.29, 0.717) is 0 Å². The van der Waals surface area contributed by atoms with Crippen molar-refractivity contribution < 1.29 is 24.5 Å². The Kier molecular flexibility index (Phi) is 3.77. The first-order chi connectivity index (χ1) is 6.68. The average molecular weight is 381 g/mol. The molecule has 1 heterocycles. The van der Waals surface area contributed by atoms with Gasteiger partial charge in [-0.2, -0.15) is 11.2 Å². The van der Waals surface area contributed by atoms with Gasteiger partial charge in [-0.15, -0.1) is 18.2 Å². The maximum Gasteiger partial charge on any atom is 0.0525 e. The number of nitrogens with zero attached hydrogens (tertiary/aromatic N) is 2. The molecule has 1 aromatic heterocycles. The molecule has 0 amide bonds. The predicted molar refractivity (Wildman–Crippen MR) is 51.8 cm³/mol. The van der Waals surface area contributed by atoms with Crippen molar-refractivity contribution in [2.45, 2.75) is 13.8 Å². The Morgan fingerprint density at radius 2 is 2.07 bits per heavy atom. The minimum atomic E-state index is -0.282. The maximum absolute atomic E-state index is 12.6. The Morgan fingerprint density at radius 3 is 2.53 bits per heavy atom. The molecule has 1 aromatic carbocycles. The second-order valence-electron chi connectivity index (χ2n) is 3.22. The smallest absolute Gasteiger partial charge is 0.0525 e. The van der Waals surface area contributed by atoms with E-state index < -0.39 is 0 Å². The van der Waals surface area contributed by atoms with Crippen molar-refractivity contribution >= 4 is 0 Å². The molecule has 0 N–H and O–H groups in total. The number of halogens is 1. The maximum atomic E-state index is 12.6. The molecule has 0 aliphatic rings. The quantitative estimate of drug-likeness (QED) is 0.694. The van der Waals surface area contributed by atoms with Gasteiger partial charge in [0, 0.05) is 31.6 Å². The number of aryl methyl sites for hydroxylation is 1. The second kappa shape index (κ2) is 4.69. The van der Waals surface area contributed by atoms with Gasteiger partial charge in [-0.25, -0.2) is 0 Å². The molecule has 2 rings (SSSR count). The van der Waals surface area contributed by atoms with Gasteiger partial charge in [0.2, 0.25) is 0 Å². The molecular weight excluding hydrogens is 371 g/mol. The number of aromatic nitrogens is 2. The Labute approximate surface area is 101 Å². The zero-order valence-electron chi connectivity index (χ0n) is 8.42. The number of rotatable bonds is 1. The van der Waals surface area contributed by atoms with Crippen molar-refractivity contribution in [3.05, 3.63) is 47.5 Å². The number of hydrogen-bond donors (Lipinski definition) is 0. The summed E-state index contributed by atoms with van der Waals surface area (Å²) in [6.45, 7) is 3.96. The molecule has 0 spiro atoms. The van der Waals surface area contributed by atoms with Crippen LogP contribution < -0.4 is 0 Å². The van der Waals surface area contributed by atoms with Crippen molar-refractivity contribution in [1.82, 2.24) is 9.78 Å². The van der Waals surface area contributed by atoms with Crippen molar-refractivity contribution in [1.29, 1.82) is 0 Å². The van der Waals surface area contributed by atoms with Crippen LogP contribution in [-0.4, -0.2) is 9.78 Å². The minimum Gasteiger partial charge on any atom is -0.284 e. The molecular formula is C11H10FIrN2-. The van der Waals surface area contributed by atoms with Gasteiger partial charge >= 0.3 is 0 Å². The molecule has 0 atom stereocenters. The van der Waals surface area contributed by atoms with Crippen LogP contribution in [0.5, 0.6) is 0 Å². The first-order valence-corrected chi connectivity index (χ1v) is 4.37. The summed E-state index contributed by atoms with van der Waals surface area (Å²) in [5, 5.41) is 4.18. The van der Waals surface area contributed by atoms with Gasteiger partial charge in [-0.05, 0) is 25.1 Å². The Morgan fingerprint density at radius 1 is 1.33 bits per heavy atom. The summed E-state index contributed by atoms with van der Waals surface area (Å²) in [5.41, 5.74) is 2.92. The van der Waals surface area contributed by atoms with Crippen LogP contribution in [0.1, 0.15) is 11.3 Å². The third-order valence-electron chi connectivity index (χ3n) is 2.24. The molecule has 0 saturated heterocycles. The monoisotopic (exact) mass is 382 g/mol. The van der Waals surface area contributed by atoms with Gasteiger partial charge in [0.25, 0.3) is 0 Å². The van der Waals surface area contributed by atoms with Crippen LogP contribution in [0.4, 0.5) is 4.39 Å². The standard InChI is InChI=1S/C11H10FN2.Ir/c1-8-7-13-14(9(8)2)11-5-3-10(12)4-6-11;/h3-5,7H,1-2H3;/q-1;. The Bertz CT molecular complexity index is 448. The number of benzene rings is 1. The normalized spacial score (nSPS) is 9.80. The molecule has 0 unspecified atom stereocenters. The molecule has 0 bridgehead atoms. The van der Waals surface area contributed by atoms with E-state index >= 15 is 0 Å². The Balaban J connectivity index is 0.00000112. The van der Waals surface area contributed by atoms with Gasteiger partial charge < -0.3 is 0 Å². The molecule has 0 fully saturated rings. The van der Waals surface area contributed by atoms with Crippen LogP contribution in [0.2, 0.25) is 0 Å². The largest absolute Gasteiger partial charge is 0.284 e. The fraction of sp³-hybridized carbons (Fsp3) is 0.182. The van der Waals surface area contributed by atoms with E-state index in [2.05, 4.69) is 11.2 Å². The summed E-state index contributed by atoms with van der Waals surface area (Å²) >= 11 is 0. The van der Waals surface area contributed by atoms with Gasteiger partial charge in [-0.3, -0.25) is 9.07 Å². The summed E-state index contributed by atoms with van der Waals surface area (Å²) < 4.78 is 14.4. The fourth-order valence-electron chi connectivity index (χ4n) is 1.26. The zero-order valence-corrected chi connectivity index (χ0v) is 10.8. The molecule has 2 aromatic rings. The summed E-state index contributed by atoms with van der Waals surface area (Å²) in [5.74, 6) is -0.282. The summed E-state index contributed by atoms with van der Waals surface area (Å²) in [7, 11) is 0. The van der Waals surface area contributed by atoms with E-state index in [1.54, 1.807) is 16.9 Å². The summed E-state index contributed by atoms with van der Waals surface area (Å²) in [6.07, 6.45) is 1.78. The Hall–Kier alpha value is -0.991.